The third-order valence-corrected chi connectivity index (χ3v) is 8.40. The molecule has 1 atom stereocenters. The fourth-order valence-electron chi connectivity index (χ4n) is 5.85. The Morgan fingerprint density at radius 2 is 1.77 bits per heavy atom. The molecule has 1 N–H and O–H groups in total. The van der Waals surface area contributed by atoms with Gasteiger partial charge in [-0.1, -0.05) is 46.3 Å². The maximum absolute atomic E-state index is 5.54. The van der Waals surface area contributed by atoms with Crippen molar-refractivity contribution in [2.75, 3.05) is 50.8 Å². The first-order valence-corrected chi connectivity index (χ1v) is 14.0. The largest absolute Gasteiger partial charge is 0.381 e. The molecule has 4 rings (SSSR count). The lowest BCUT2D eigenvalue weighted by molar-refractivity contribution is 0.0776. The second-order valence-corrected chi connectivity index (χ2v) is 11.9. The first-order valence-electron chi connectivity index (χ1n) is 14.0. The van der Waals surface area contributed by atoms with E-state index >= 15 is 0 Å². The van der Waals surface area contributed by atoms with Crippen LogP contribution in [0, 0.1) is 11.3 Å². The van der Waals surface area contributed by atoms with E-state index in [1.165, 1.54) is 68.6 Å². The van der Waals surface area contributed by atoms with Crippen LogP contribution in [0.1, 0.15) is 83.8 Å². The second kappa shape index (κ2) is 13.5. The van der Waals surface area contributed by atoms with Gasteiger partial charge in [-0.15, -0.1) is 12.4 Å². The van der Waals surface area contributed by atoms with Crippen LogP contribution in [-0.2, 0) is 11.3 Å². The van der Waals surface area contributed by atoms with E-state index < -0.39 is 0 Å². The number of piperazine rings is 1. The molecule has 0 amide bonds. The van der Waals surface area contributed by atoms with Gasteiger partial charge >= 0.3 is 0 Å². The second-order valence-electron chi connectivity index (χ2n) is 11.9. The van der Waals surface area contributed by atoms with E-state index in [0.29, 0.717) is 11.5 Å². The Morgan fingerprint density at radius 1 is 1.03 bits per heavy atom. The predicted molar refractivity (Wildman–Crippen MR) is 153 cm³/mol. The number of hydrogen-bond acceptors (Lipinski definition) is 4. The highest BCUT2D eigenvalue weighted by atomic mass is 35.5. The van der Waals surface area contributed by atoms with Gasteiger partial charge in [0.2, 0.25) is 0 Å². The predicted octanol–water partition coefficient (Wildman–Crippen LogP) is 6.53. The van der Waals surface area contributed by atoms with Crippen LogP contribution < -0.4 is 10.2 Å². The van der Waals surface area contributed by atoms with E-state index in [1.807, 2.05) is 0 Å². The fourth-order valence-corrected chi connectivity index (χ4v) is 5.85. The van der Waals surface area contributed by atoms with Crippen LogP contribution >= 0.6 is 12.4 Å². The third-order valence-electron chi connectivity index (χ3n) is 8.40. The van der Waals surface area contributed by atoms with Crippen LogP contribution in [0.15, 0.2) is 24.3 Å². The first kappa shape index (κ1) is 28.5. The van der Waals surface area contributed by atoms with Gasteiger partial charge in [-0.2, -0.15) is 0 Å². The molecule has 35 heavy (non-hydrogen) atoms. The molecule has 0 radical (unpaired) electrons. The molecule has 4 nitrogen and oxygen atoms in total. The van der Waals surface area contributed by atoms with E-state index in [0.717, 1.165) is 51.6 Å². The molecule has 198 valence electrons. The van der Waals surface area contributed by atoms with Gasteiger partial charge in [-0.25, -0.2) is 0 Å². The van der Waals surface area contributed by atoms with E-state index in [4.69, 9.17) is 4.74 Å². The lowest BCUT2D eigenvalue weighted by Gasteiger charge is -2.38. The Hall–Kier alpha value is -1.07. The molecule has 1 aromatic rings. The molecule has 2 fully saturated rings. The summed E-state index contributed by atoms with van der Waals surface area (Å²) in [7, 11) is 0. The summed E-state index contributed by atoms with van der Waals surface area (Å²) >= 11 is 0. The van der Waals surface area contributed by atoms with Gasteiger partial charge in [0.1, 0.15) is 0 Å². The molecule has 3 aliphatic rings. The average Bonchev–Trinajstić information content (AvgIpc) is 2.87. The van der Waals surface area contributed by atoms with Crippen LogP contribution in [-0.4, -0.2) is 56.9 Å². The first-order chi connectivity index (χ1) is 16.4. The van der Waals surface area contributed by atoms with Crippen LogP contribution in [0.3, 0.4) is 0 Å². The molecule has 2 aliphatic heterocycles. The highest BCUT2D eigenvalue weighted by Crippen LogP contribution is 2.42. The van der Waals surface area contributed by atoms with Gasteiger partial charge in [0.05, 0.1) is 0 Å². The Bertz CT molecular complexity index is 804. The molecule has 0 saturated carbocycles. The van der Waals surface area contributed by atoms with Gasteiger partial charge < -0.3 is 15.0 Å². The Balaban J connectivity index is 0.00000342. The monoisotopic (exact) mass is 503 g/mol. The number of nitrogens with one attached hydrogen (secondary N) is 1. The van der Waals surface area contributed by atoms with Gasteiger partial charge in [0.25, 0.3) is 0 Å². The third kappa shape index (κ3) is 7.95. The van der Waals surface area contributed by atoms with Crippen molar-refractivity contribution in [2.24, 2.45) is 11.3 Å². The molecule has 1 unspecified atom stereocenters. The van der Waals surface area contributed by atoms with Crippen LogP contribution in [0.2, 0.25) is 0 Å². The van der Waals surface area contributed by atoms with Crippen molar-refractivity contribution < 1.29 is 4.74 Å². The number of halogens is 1. The number of nitrogens with zero attached hydrogens (tertiary/aromatic N) is 2. The van der Waals surface area contributed by atoms with Crippen LogP contribution in [0.25, 0.3) is 5.57 Å². The average molecular weight is 504 g/mol. The number of unbranched alkanes of at least 4 members (excludes halogenated alkanes) is 1. The summed E-state index contributed by atoms with van der Waals surface area (Å²) in [5, 5.41) is 3.80. The van der Waals surface area contributed by atoms with Crippen molar-refractivity contribution >= 4 is 23.7 Å². The summed E-state index contributed by atoms with van der Waals surface area (Å²) in [6.45, 7) is 18.2. The van der Waals surface area contributed by atoms with Crippen molar-refractivity contribution in [3.05, 3.63) is 35.4 Å². The van der Waals surface area contributed by atoms with Gasteiger partial charge in [0, 0.05) is 63.2 Å². The molecule has 0 aromatic heterocycles. The Labute approximate surface area is 221 Å². The normalized spacial score (nSPS) is 22.6. The number of benzene rings is 1. The number of rotatable bonds is 8. The van der Waals surface area contributed by atoms with Crippen molar-refractivity contribution in [1.82, 2.24) is 10.2 Å². The standard InChI is InChI=1S/C30H49N3O.ClH/c1-5-6-15-32-16-18-33(19-17-32)29-12-7-24(23-31-27-13-20-34-21-14-27)22-28(29)25-8-10-26(11-9-25)30(2,3)4;/h7-8,12,22,26-27,31H,5-6,9-11,13-21,23H2,1-4H3;1H. The SMILES string of the molecule is CCCCN1CCN(c2ccc(CNC3CCOCC3)cc2C2=CCC(C(C)(C)C)CC2)CC1.Cl. The Morgan fingerprint density at radius 3 is 2.40 bits per heavy atom. The molecule has 0 spiro atoms. The zero-order chi connectivity index (χ0) is 24.0. The minimum Gasteiger partial charge on any atom is -0.381 e. The minimum absolute atomic E-state index is 0. The molecule has 1 aromatic carbocycles. The summed E-state index contributed by atoms with van der Waals surface area (Å²) in [6.07, 6.45) is 11.2. The lowest BCUT2D eigenvalue weighted by atomic mass is 9.72. The smallest absolute Gasteiger partial charge is 0.0480 e. The zero-order valence-electron chi connectivity index (χ0n) is 22.8. The molecule has 5 heteroatoms. The zero-order valence-corrected chi connectivity index (χ0v) is 23.6. The van der Waals surface area contributed by atoms with Crippen LogP contribution in [0.5, 0.6) is 0 Å². The maximum atomic E-state index is 5.54. The number of hydrogen-bond donors (Lipinski definition) is 1. The van der Waals surface area contributed by atoms with Crippen molar-refractivity contribution in [1.29, 1.82) is 0 Å². The number of allylic oxidation sites excluding steroid dienone is 2. The molecule has 0 bridgehead atoms. The molecular formula is C30H50ClN3O. The summed E-state index contributed by atoms with van der Waals surface area (Å²) in [4.78, 5) is 5.31. The molecular weight excluding hydrogens is 454 g/mol. The highest BCUT2D eigenvalue weighted by Gasteiger charge is 2.28. The van der Waals surface area contributed by atoms with Gasteiger partial charge in [-0.05, 0) is 79.7 Å². The summed E-state index contributed by atoms with van der Waals surface area (Å²) in [5.41, 5.74) is 6.36. The maximum Gasteiger partial charge on any atom is 0.0480 e. The fraction of sp³-hybridized carbons (Fsp3) is 0.733. The van der Waals surface area contributed by atoms with E-state index in [9.17, 15) is 0 Å². The van der Waals surface area contributed by atoms with Crippen LogP contribution in [0.4, 0.5) is 5.69 Å². The Kier molecular flexibility index (Phi) is 11.0. The van der Waals surface area contributed by atoms with Gasteiger partial charge in [0.15, 0.2) is 0 Å². The minimum atomic E-state index is 0. The van der Waals surface area contributed by atoms with E-state index in [1.54, 1.807) is 5.57 Å². The van der Waals surface area contributed by atoms with Crippen molar-refractivity contribution in [3.63, 3.8) is 0 Å². The topological polar surface area (TPSA) is 27.7 Å². The number of ether oxygens (including phenoxy) is 1. The van der Waals surface area contributed by atoms with E-state index in [-0.39, 0.29) is 12.4 Å². The lowest BCUT2D eigenvalue weighted by Crippen LogP contribution is -2.46. The summed E-state index contributed by atoms with van der Waals surface area (Å²) < 4.78 is 5.54. The summed E-state index contributed by atoms with van der Waals surface area (Å²) in [6, 6.07) is 7.90. The molecule has 2 heterocycles. The van der Waals surface area contributed by atoms with Crippen molar-refractivity contribution in [3.8, 4) is 0 Å². The quantitative estimate of drug-likeness (QED) is 0.436. The van der Waals surface area contributed by atoms with Crippen molar-refractivity contribution in [2.45, 2.75) is 85.2 Å². The van der Waals surface area contributed by atoms with Gasteiger partial charge in [-0.3, -0.25) is 4.90 Å². The number of anilines is 1. The van der Waals surface area contributed by atoms with E-state index in [2.05, 4.69) is 67.1 Å². The summed E-state index contributed by atoms with van der Waals surface area (Å²) in [5.74, 6) is 0.792. The molecule has 2 saturated heterocycles. The molecule has 1 aliphatic carbocycles. The highest BCUT2D eigenvalue weighted by molar-refractivity contribution is 5.85.